The third-order valence-corrected chi connectivity index (χ3v) is 4.43. The first-order valence-electron chi connectivity index (χ1n) is 6.25. The van der Waals surface area contributed by atoms with Gasteiger partial charge in [0.05, 0.1) is 0 Å². The molecule has 1 unspecified atom stereocenters. The van der Waals surface area contributed by atoms with Crippen LogP contribution < -0.4 is 10.5 Å². The van der Waals surface area contributed by atoms with Crippen LogP contribution in [-0.4, -0.2) is 19.9 Å². The Bertz CT molecular complexity index is 655. The van der Waals surface area contributed by atoms with E-state index in [2.05, 4.69) is 9.71 Å². The Hall–Kier alpha value is -1.92. The first-order chi connectivity index (χ1) is 9.49. The molecule has 20 heavy (non-hydrogen) atoms. The van der Waals surface area contributed by atoms with Crippen molar-refractivity contribution in [3.05, 3.63) is 54.2 Å². The summed E-state index contributed by atoms with van der Waals surface area (Å²) in [5, 5.41) is 0. The summed E-state index contributed by atoms with van der Waals surface area (Å²) in [5.41, 5.74) is 6.53. The third kappa shape index (κ3) is 3.55. The van der Waals surface area contributed by atoms with E-state index < -0.39 is 10.0 Å². The molecule has 3 N–H and O–H groups in total. The van der Waals surface area contributed by atoms with Crippen molar-refractivity contribution in [2.24, 2.45) is 0 Å². The van der Waals surface area contributed by atoms with Gasteiger partial charge in [-0.1, -0.05) is 37.3 Å². The van der Waals surface area contributed by atoms with Crippen molar-refractivity contribution in [3.8, 4) is 0 Å². The smallest absolute Gasteiger partial charge is 0.242 e. The van der Waals surface area contributed by atoms with E-state index in [0.29, 0.717) is 12.4 Å². The summed E-state index contributed by atoms with van der Waals surface area (Å²) in [6.07, 6.45) is 1.25. The van der Waals surface area contributed by atoms with Gasteiger partial charge >= 0.3 is 0 Å². The van der Waals surface area contributed by atoms with Crippen molar-refractivity contribution in [2.75, 3.05) is 12.3 Å². The Morgan fingerprint density at radius 2 is 1.90 bits per heavy atom. The molecule has 1 heterocycles. The second-order valence-corrected chi connectivity index (χ2v) is 6.35. The fraction of sp³-hybridized carbons (Fsp3) is 0.214. The summed E-state index contributed by atoms with van der Waals surface area (Å²) in [6.45, 7) is 2.30. The second kappa shape index (κ2) is 6.02. The molecular formula is C14H17N3O2S. The van der Waals surface area contributed by atoms with Gasteiger partial charge in [0.15, 0.2) is 0 Å². The van der Waals surface area contributed by atoms with Crippen molar-refractivity contribution < 1.29 is 8.42 Å². The molecule has 0 aliphatic heterocycles. The van der Waals surface area contributed by atoms with E-state index in [-0.39, 0.29) is 10.8 Å². The zero-order chi connectivity index (χ0) is 14.6. The van der Waals surface area contributed by atoms with Crippen LogP contribution in [0, 0.1) is 0 Å². The molecule has 6 heteroatoms. The van der Waals surface area contributed by atoms with Gasteiger partial charge in [-0.25, -0.2) is 18.1 Å². The molecule has 0 saturated carbocycles. The molecule has 5 nitrogen and oxygen atoms in total. The number of nitrogens with zero attached hydrogens (tertiary/aromatic N) is 1. The van der Waals surface area contributed by atoms with Crippen LogP contribution in [0.1, 0.15) is 18.4 Å². The molecule has 0 spiro atoms. The summed E-state index contributed by atoms with van der Waals surface area (Å²) in [5.74, 6) is 0.384. The molecule has 0 fully saturated rings. The Morgan fingerprint density at radius 3 is 2.50 bits per heavy atom. The van der Waals surface area contributed by atoms with Crippen LogP contribution in [0.4, 0.5) is 5.82 Å². The number of sulfonamides is 1. The lowest BCUT2D eigenvalue weighted by Crippen LogP contribution is -2.27. The minimum atomic E-state index is -3.55. The van der Waals surface area contributed by atoms with Gasteiger partial charge < -0.3 is 5.73 Å². The second-order valence-electron chi connectivity index (χ2n) is 4.58. The van der Waals surface area contributed by atoms with Crippen molar-refractivity contribution in [2.45, 2.75) is 17.7 Å². The van der Waals surface area contributed by atoms with E-state index in [4.69, 9.17) is 5.73 Å². The maximum atomic E-state index is 12.1. The number of hydrogen-bond acceptors (Lipinski definition) is 4. The number of anilines is 1. The number of rotatable bonds is 5. The van der Waals surface area contributed by atoms with E-state index in [1.807, 2.05) is 37.3 Å². The van der Waals surface area contributed by atoms with Gasteiger partial charge in [-0.05, 0) is 23.6 Å². The molecule has 0 radical (unpaired) electrons. The van der Waals surface area contributed by atoms with Gasteiger partial charge in [-0.15, -0.1) is 0 Å². The van der Waals surface area contributed by atoms with Gasteiger partial charge in [0.25, 0.3) is 0 Å². The van der Waals surface area contributed by atoms with Crippen molar-refractivity contribution in [1.29, 1.82) is 0 Å². The minimum Gasteiger partial charge on any atom is -0.384 e. The number of pyridine rings is 1. The average molecular weight is 291 g/mol. The first-order valence-corrected chi connectivity index (χ1v) is 7.73. The van der Waals surface area contributed by atoms with Crippen LogP contribution in [0.25, 0.3) is 0 Å². The lowest BCUT2D eigenvalue weighted by atomic mass is 10.0. The molecule has 1 atom stereocenters. The van der Waals surface area contributed by atoms with E-state index in [0.717, 1.165) is 5.56 Å². The Kier molecular flexibility index (Phi) is 4.36. The Morgan fingerprint density at radius 1 is 1.20 bits per heavy atom. The fourth-order valence-corrected chi connectivity index (χ4v) is 2.84. The predicted octanol–water partition coefficient (Wildman–Crippen LogP) is 1.75. The number of benzene rings is 1. The lowest BCUT2D eigenvalue weighted by Gasteiger charge is -2.13. The zero-order valence-corrected chi connectivity index (χ0v) is 12.0. The highest BCUT2D eigenvalue weighted by Crippen LogP contribution is 2.15. The summed E-state index contributed by atoms with van der Waals surface area (Å²) in [6, 6.07) is 12.7. The maximum absolute atomic E-state index is 12.1. The molecular weight excluding hydrogens is 274 g/mol. The number of nitrogens with two attached hydrogens (primary N) is 1. The molecule has 0 saturated heterocycles. The summed E-state index contributed by atoms with van der Waals surface area (Å²) >= 11 is 0. The van der Waals surface area contributed by atoms with Gasteiger partial charge in [-0.3, -0.25) is 0 Å². The fourth-order valence-electron chi connectivity index (χ4n) is 1.77. The Labute approximate surface area is 118 Å². The van der Waals surface area contributed by atoms with Crippen molar-refractivity contribution >= 4 is 15.8 Å². The van der Waals surface area contributed by atoms with Crippen LogP contribution in [-0.2, 0) is 10.0 Å². The van der Waals surface area contributed by atoms with Crippen molar-refractivity contribution in [1.82, 2.24) is 9.71 Å². The number of nitrogen functional groups attached to an aromatic ring is 1. The molecule has 2 rings (SSSR count). The number of hydrogen-bond donors (Lipinski definition) is 2. The zero-order valence-electron chi connectivity index (χ0n) is 11.2. The molecule has 106 valence electrons. The molecule has 0 amide bonds. The molecule has 0 aliphatic carbocycles. The molecule has 2 aromatic rings. The van der Waals surface area contributed by atoms with E-state index in [1.54, 1.807) is 0 Å². The standard InChI is InChI=1S/C14H17N3O2S/c1-11(12-5-3-2-4-6-12)9-17-20(18,19)13-7-8-14(15)16-10-13/h2-8,10-11,17H,9H2,1H3,(H2,15,16). The van der Waals surface area contributed by atoms with Gasteiger partial charge in [0, 0.05) is 12.7 Å². The third-order valence-electron chi connectivity index (χ3n) is 3.02. The summed E-state index contributed by atoms with van der Waals surface area (Å²) in [7, 11) is -3.55. The topological polar surface area (TPSA) is 85.1 Å². The van der Waals surface area contributed by atoms with Gasteiger partial charge in [0.2, 0.25) is 10.0 Å². The van der Waals surface area contributed by atoms with Gasteiger partial charge in [-0.2, -0.15) is 0 Å². The number of aromatic nitrogens is 1. The summed E-state index contributed by atoms with van der Waals surface area (Å²) < 4.78 is 26.8. The highest BCUT2D eigenvalue weighted by Gasteiger charge is 2.16. The van der Waals surface area contributed by atoms with Crippen LogP contribution in [0.5, 0.6) is 0 Å². The SMILES string of the molecule is CC(CNS(=O)(=O)c1ccc(N)nc1)c1ccccc1. The number of nitrogens with one attached hydrogen (secondary N) is 1. The Balaban J connectivity index is 2.04. The lowest BCUT2D eigenvalue weighted by molar-refractivity contribution is 0.574. The predicted molar refractivity (Wildman–Crippen MR) is 78.7 cm³/mol. The van der Waals surface area contributed by atoms with Crippen molar-refractivity contribution in [3.63, 3.8) is 0 Å². The van der Waals surface area contributed by atoms with Crippen LogP contribution in [0.2, 0.25) is 0 Å². The van der Waals surface area contributed by atoms with E-state index >= 15 is 0 Å². The quantitative estimate of drug-likeness (QED) is 0.878. The monoisotopic (exact) mass is 291 g/mol. The molecule has 1 aromatic heterocycles. The molecule has 0 aliphatic rings. The molecule has 1 aromatic carbocycles. The largest absolute Gasteiger partial charge is 0.384 e. The highest BCUT2D eigenvalue weighted by atomic mass is 32.2. The molecule has 0 bridgehead atoms. The maximum Gasteiger partial charge on any atom is 0.242 e. The minimum absolute atomic E-state index is 0.0905. The van der Waals surface area contributed by atoms with Crippen LogP contribution in [0.3, 0.4) is 0 Å². The summed E-state index contributed by atoms with van der Waals surface area (Å²) in [4.78, 5) is 3.91. The highest BCUT2D eigenvalue weighted by molar-refractivity contribution is 7.89. The average Bonchev–Trinajstić information content (AvgIpc) is 2.46. The first kappa shape index (κ1) is 14.5. The van der Waals surface area contributed by atoms with E-state index in [1.165, 1.54) is 18.3 Å². The normalized spacial score (nSPS) is 13.1. The van der Waals surface area contributed by atoms with Gasteiger partial charge in [0.1, 0.15) is 10.7 Å². The van der Waals surface area contributed by atoms with Crippen LogP contribution in [0.15, 0.2) is 53.6 Å². The van der Waals surface area contributed by atoms with E-state index in [9.17, 15) is 8.42 Å². The van der Waals surface area contributed by atoms with Crippen LogP contribution >= 0.6 is 0 Å².